The average molecular weight is 368 g/mol. The summed E-state index contributed by atoms with van der Waals surface area (Å²) in [6.07, 6.45) is 1.65. The van der Waals surface area contributed by atoms with Crippen LogP contribution in [0.25, 0.3) is 0 Å². The molecule has 0 radical (unpaired) electrons. The van der Waals surface area contributed by atoms with Gasteiger partial charge in [-0.15, -0.1) is 0 Å². The summed E-state index contributed by atoms with van der Waals surface area (Å²) in [7, 11) is 0.658. The number of hydrogen-bond donors (Lipinski definition) is 1. The molecule has 6 nitrogen and oxygen atoms in total. The highest BCUT2D eigenvalue weighted by atomic mass is 32.2. The third-order valence-corrected chi connectivity index (χ3v) is 5.96. The Kier molecular flexibility index (Phi) is 7.71. The topological polar surface area (TPSA) is 71.0 Å². The highest BCUT2D eigenvalue weighted by Crippen LogP contribution is 2.13. The van der Waals surface area contributed by atoms with Gasteiger partial charge in [0.15, 0.2) is 15.8 Å². The third-order valence-electron chi connectivity index (χ3n) is 4.27. The van der Waals surface area contributed by atoms with Crippen LogP contribution in [0.5, 0.6) is 0 Å². The molecule has 1 heterocycles. The standard InChI is InChI=1S/C18H29N3O3S/c1-19-18(21(2)13-17-9-11-24-14-17)20-10-6-12-25(22,23)15-16-7-4-3-5-8-16/h3-5,7-8,17H,6,9-15H2,1-2H3,(H,19,20). The first-order valence-corrected chi connectivity index (χ1v) is 10.6. The average Bonchev–Trinajstić information content (AvgIpc) is 3.08. The summed E-state index contributed by atoms with van der Waals surface area (Å²) >= 11 is 0. The SMILES string of the molecule is CN=C(NCCCS(=O)(=O)Cc1ccccc1)N(C)CC1CCOC1. The van der Waals surface area contributed by atoms with Gasteiger partial charge in [0.05, 0.1) is 18.1 Å². The highest BCUT2D eigenvalue weighted by Gasteiger charge is 2.19. The van der Waals surface area contributed by atoms with E-state index in [9.17, 15) is 8.42 Å². The number of rotatable bonds is 8. The van der Waals surface area contributed by atoms with Crippen LogP contribution < -0.4 is 5.32 Å². The van der Waals surface area contributed by atoms with Gasteiger partial charge in [-0.1, -0.05) is 30.3 Å². The van der Waals surface area contributed by atoms with Crippen LogP contribution in [0.1, 0.15) is 18.4 Å². The first-order valence-electron chi connectivity index (χ1n) is 8.74. The molecule has 1 unspecified atom stereocenters. The van der Waals surface area contributed by atoms with Gasteiger partial charge < -0.3 is 15.0 Å². The molecule has 1 fully saturated rings. The molecule has 140 valence electrons. The second-order valence-corrected chi connectivity index (χ2v) is 8.70. The predicted molar refractivity (Wildman–Crippen MR) is 101 cm³/mol. The van der Waals surface area contributed by atoms with Crippen LogP contribution in [0.3, 0.4) is 0 Å². The Bertz CT molecular complexity index is 641. The van der Waals surface area contributed by atoms with Crippen LogP contribution in [0.2, 0.25) is 0 Å². The Hall–Kier alpha value is -1.60. The van der Waals surface area contributed by atoms with Gasteiger partial charge in [-0.25, -0.2) is 8.42 Å². The molecule has 7 heteroatoms. The summed E-state index contributed by atoms with van der Waals surface area (Å²) in [5.41, 5.74) is 0.838. The number of hydrogen-bond acceptors (Lipinski definition) is 4. The van der Waals surface area contributed by atoms with Crippen LogP contribution in [0.15, 0.2) is 35.3 Å². The zero-order chi connectivity index (χ0) is 18.1. The van der Waals surface area contributed by atoms with E-state index in [2.05, 4.69) is 15.2 Å². The van der Waals surface area contributed by atoms with Crippen molar-refractivity contribution in [3.05, 3.63) is 35.9 Å². The zero-order valence-corrected chi connectivity index (χ0v) is 16.0. The fraction of sp³-hybridized carbons (Fsp3) is 0.611. The van der Waals surface area contributed by atoms with Gasteiger partial charge in [0, 0.05) is 39.7 Å². The van der Waals surface area contributed by atoms with Crippen molar-refractivity contribution >= 4 is 15.8 Å². The van der Waals surface area contributed by atoms with Crippen molar-refractivity contribution in [2.45, 2.75) is 18.6 Å². The molecule has 1 aliphatic heterocycles. The molecule has 0 saturated carbocycles. The molecule has 1 aromatic rings. The number of aliphatic imine (C=N–C) groups is 1. The fourth-order valence-electron chi connectivity index (χ4n) is 2.98. The van der Waals surface area contributed by atoms with Gasteiger partial charge in [-0.3, -0.25) is 4.99 Å². The second-order valence-electron chi connectivity index (χ2n) is 6.52. The van der Waals surface area contributed by atoms with E-state index in [1.54, 1.807) is 7.05 Å². The first kappa shape index (κ1) is 19.7. The maximum atomic E-state index is 12.2. The van der Waals surface area contributed by atoms with E-state index in [1.807, 2.05) is 37.4 Å². The molecule has 0 aromatic heterocycles. The summed E-state index contributed by atoms with van der Waals surface area (Å²) in [5, 5.41) is 3.25. The first-order chi connectivity index (χ1) is 12.0. The van der Waals surface area contributed by atoms with E-state index in [1.165, 1.54) is 0 Å². The Morgan fingerprint density at radius 3 is 2.76 bits per heavy atom. The van der Waals surface area contributed by atoms with Gasteiger partial charge in [0.25, 0.3) is 0 Å². The summed E-state index contributed by atoms with van der Waals surface area (Å²) in [4.78, 5) is 6.35. The molecule has 1 aromatic carbocycles. The molecule has 1 atom stereocenters. The minimum Gasteiger partial charge on any atom is -0.381 e. The predicted octanol–water partition coefficient (Wildman–Crippen LogP) is 1.54. The van der Waals surface area contributed by atoms with Crippen LogP contribution >= 0.6 is 0 Å². The molecule has 0 amide bonds. The van der Waals surface area contributed by atoms with Crippen molar-refractivity contribution in [3.63, 3.8) is 0 Å². The van der Waals surface area contributed by atoms with E-state index in [-0.39, 0.29) is 11.5 Å². The molecule has 0 bridgehead atoms. The Labute approximate surface area is 151 Å². The molecular formula is C18H29N3O3S. The lowest BCUT2D eigenvalue weighted by Crippen LogP contribution is -2.42. The lowest BCUT2D eigenvalue weighted by atomic mass is 10.1. The van der Waals surface area contributed by atoms with Crippen molar-refractivity contribution in [3.8, 4) is 0 Å². The van der Waals surface area contributed by atoms with Gasteiger partial charge in [0.1, 0.15) is 0 Å². The second kappa shape index (κ2) is 9.77. The van der Waals surface area contributed by atoms with Crippen LogP contribution in [-0.4, -0.2) is 65.4 Å². The van der Waals surface area contributed by atoms with Gasteiger partial charge >= 0.3 is 0 Å². The minimum atomic E-state index is -3.09. The lowest BCUT2D eigenvalue weighted by Gasteiger charge is -2.24. The summed E-state index contributed by atoms with van der Waals surface area (Å²) in [6, 6.07) is 9.31. The van der Waals surface area contributed by atoms with E-state index < -0.39 is 9.84 Å². The summed E-state index contributed by atoms with van der Waals surface area (Å²) in [6.45, 7) is 3.13. The van der Waals surface area contributed by atoms with Crippen molar-refractivity contribution in [2.75, 3.05) is 46.2 Å². The summed E-state index contributed by atoms with van der Waals surface area (Å²) < 4.78 is 29.8. The monoisotopic (exact) mass is 367 g/mol. The maximum absolute atomic E-state index is 12.2. The number of benzene rings is 1. The largest absolute Gasteiger partial charge is 0.381 e. The quantitative estimate of drug-likeness (QED) is 0.429. The molecule has 2 rings (SSSR count). The van der Waals surface area contributed by atoms with Crippen LogP contribution in [-0.2, 0) is 20.3 Å². The van der Waals surface area contributed by atoms with Crippen LogP contribution in [0, 0.1) is 5.92 Å². The van der Waals surface area contributed by atoms with Crippen LogP contribution in [0.4, 0.5) is 0 Å². The molecule has 0 spiro atoms. The van der Waals surface area contributed by atoms with Gasteiger partial charge in [-0.2, -0.15) is 0 Å². The molecule has 1 aliphatic rings. The highest BCUT2D eigenvalue weighted by molar-refractivity contribution is 7.90. The Morgan fingerprint density at radius 2 is 2.12 bits per heavy atom. The van der Waals surface area contributed by atoms with Crippen molar-refractivity contribution < 1.29 is 13.2 Å². The minimum absolute atomic E-state index is 0.101. The normalized spacial score (nSPS) is 18.3. The molecular weight excluding hydrogens is 338 g/mol. The van der Waals surface area contributed by atoms with Crippen molar-refractivity contribution in [2.24, 2.45) is 10.9 Å². The number of sulfone groups is 1. The summed E-state index contributed by atoms with van der Waals surface area (Å²) in [5.74, 6) is 1.61. The lowest BCUT2D eigenvalue weighted by molar-refractivity contribution is 0.181. The number of ether oxygens (including phenoxy) is 1. The zero-order valence-electron chi connectivity index (χ0n) is 15.1. The molecule has 25 heavy (non-hydrogen) atoms. The number of nitrogens with zero attached hydrogens (tertiary/aromatic N) is 2. The van der Waals surface area contributed by atoms with Crippen molar-refractivity contribution in [1.29, 1.82) is 0 Å². The van der Waals surface area contributed by atoms with E-state index in [4.69, 9.17) is 4.74 Å². The Balaban J connectivity index is 1.71. The molecule has 1 N–H and O–H groups in total. The van der Waals surface area contributed by atoms with E-state index in [0.717, 1.165) is 37.7 Å². The van der Waals surface area contributed by atoms with E-state index >= 15 is 0 Å². The van der Waals surface area contributed by atoms with Gasteiger partial charge in [0.2, 0.25) is 0 Å². The molecule has 1 saturated heterocycles. The fourth-order valence-corrected chi connectivity index (χ4v) is 4.41. The maximum Gasteiger partial charge on any atom is 0.193 e. The van der Waals surface area contributed by atoms with E-state index in [0.29, 0.717) is 18.9 Å². The number of nitrogens with one attached hydrogen (secondary N) is 1. The molecule has 0 aliphatic carbocycles. The number of guanidine groups is 1. The third kappa shape index (κ3) is 7.04. The Morgan fingerprint density at radius 1 is 1.36 bits per heavy atom. The smallest absolute Gasteiger partial charge is 0.193 e. The van der Waals surface area contributed by atoms with Crippen molar-refractivity contribution in [1.82, 2.24) is 10.2 Å². The van der Waals surface area contributed by atoms with Gasteiger partial charge in [-0.05, 0) is 18.4 Å².